The molecule has 1 N–H and O–H groups in total. The highest BCUT2D eigenvalue weighted by Crippen LogP contribution is 2.27. The number of halogens is 1. The van der Waals surface area contributed by atoms with Crippen LogP contribution in [0, 0.1) is 6.92 Å². The van der Waals surface area contributed by atoms with E-state index in [9.17, 15) is 14.4 Å². The number of nitrogens with zero attached hydrogens (tertiary/aromatic N) is 3. The van der Waals surface area contributed by atoms with Crippen LogP contribution < -0.4 is 5.32 Å². The Balaban J connectivity index is 1.42. The van der Waals surface area contributed by atoms with Crippen LogP contribution in [0.25, 0.3) is 0 Å². The first kappa shape index (κ1) is 24.4. The highest BCUT2D eigenvalue weighted by Gasteiger charge is 2.35. The van der Waals surface area contributed by atoms with E-state index in [0.29, 0.717) is 39.7 Å². The van der Waals surface area contributed by atoms with Crippen LogP contribution in [0.5, 0.6) is 0 Å². The van der Waals surface area contributed by atoms with Gasteiger partial charge in [0.25, 0.3) is 11.8 Å². The summed E-state index contributed by atoms with van der Waals surface area (Å²) in [6, 6.07) is 16.5. The van der Waals surface area contributed by atoms with Crippen molar-refractivity contribution in [1.29, 1.82) is 0 Å². The van der Waals surface area contributed by atoms with Gasteiger partial charge < -0.3 is 14.7 Å². The van der Waals surface area contributed by atoms with Gasteiger partial charge in [0.2, 0.25) is 0 Å². The molecule has 9 heteroatoms. The average molecular weight is 515 g/mol. The summed E-state index contributed by atoms with van der Waals surface area (Å²) in [5.41, 5.74) is 3.15. The molecule has 0 saturated carbocycles. The Morgan fingerprint density at radius 2 is 1.92 bits per heavy atom. The van der Waals surface area contributed by atoms with Gasteiger partial charge in [-0.05, 0) is 60.0 Å². The highest BCUT2D eigenvalue weighted by molar-refractivity contribution is 6.30. The van der Waals surface area contributed by atoms with E-state index in [1.165, 1.54) is 0 Å². The van der Waals surface area contributed by atoms with Crippen LogP contribution in [-0.4, -0.2) is 38.7 Å². The van der Waals surface area contributed by atoms with Crippen LogP contribution >= 0.6 is 11.6 Å². The number of aromatic nitrogens is 2. The van der Waals surface area contributed by atoms with Gasteiger partial charge in [-0.1, -0.05) is 35.0 Å². The second kappa shape index (κ2) is 10.4. The molecule has 0 spiro atoms. The molecule has 0 radical (unpaired) electrons. The molecule has 4 aromatic rings. The van der Waals surface area contributed by atoms with Crippen LogP contribution in [0.3, 0.4) is 0 Å². The summed E-state index contributed by atoms with van der Waals surface area (Å²) >= 11 is 6.16. The van der Waals surface area contributed by atoms with Crippen LogP contribution in [-0.2, 0) is 24.2 Å². The van der Waals surface area contributed by atoms with Gasteiger partial charge in [-0.15, -0.1) is 0 Å². The molecule has 8 nitrogen and oxygen atoms in total. The summed E-state index contributed by atoms with van der Waals surface area (Å²) < 4.78 is 4.98. The van der Waals surface area contributed by atoms with Crippen molar-refractivity contribution in [3.63, 3.8) is 0 Å². The van der Waals surface area contributed by atoms with Gasteiger partial charge in [0, 0.05) is 54.0 Å². The zero-order chi connectivity index (χ0) is 25.9. The van der Waals surface area contributed by atoms with Crippen LogP contribution in [0.2, 0.25) is 5.02 Å². The Bertz CT molecular complexity index is 1470. The molecule has 1 atom stereocenters. The lowest BCUT2D eigenvalue weighted by molar-refractivity contribution is -0.122. The highest BCUT2D eigenvalue weighted by atomic mass is 35.5. The summed E-state index contributed by atoms with van der Waals surface area (Å²) in [4.78, 5) is 45.5. The summed E-state index contributed by atoms with van der Waals surface area (Å²) in [6.45, 7) is 1.93. The number of ketones is 1. The van der Waals surface area contributed by atoms with Gasteiger partial charge in [-0.3, -0.25) is 19.4 Å². The molecule has 1 aliphatic rings. The number of Topliss-reactive ketones (excluding diaryl/α,β-unsaturated/α-hetero) is 1. The maximum atomic E-state index is 13.7. The van der Waals surface area contributed by atoms with E-state index < -0.39 is 6.04 Å². The molecule has 0 fully saturated rings. The summed E-state index contributed by atoms with van der Waals surface area (Å²) in [5, 5.41) is 6.93. The molecule has 0 unspecified atom stereocenters. The van der Waals surface area contributed by atoms with E-state index in [0.717, 1.165) is 11.1 Å². The smallest absolute Gasteiger partial charge is 0.256 e. The minimum Gasteiger partial charge on any atom is -0.360 e. The van der Waals surface area contributed by atoms with Gasteiger partial charge in [0.15, 0.2) is 11.6 Å². The molecule has 2 amide bonds. The van der Waals surface area contributed by atoms with E-state index in [4.69, 9.17) is 16.1 Å². The minimum absolute atomic E-state index is 0.0721. The number of amides is 2. The third kappa shape index (κ3) is 5.44. The molecule has 1 aliphatic heterocycles. The number of nitrogens with one attached hydrogen (secondary N) is 1. The number of hydrogen-bond donors (Lipinski definition) is 1. The van der Waals surface area contributed by atoms with E-state index in [-0.39, 0.29) is 30.6 Å². The van der Waals surface area contributed by atoms with Crippen molar-refractivity contribution in [3.8, 4) is 0 Å². The molecule has 2 aromatic heterocycles. The van der Waals surface area contributed by atoms with Gasteiger partial charge in [0.1, 0.15) is 5.76 Å². The summed E-state index contributed by atoms with van der Waals surface area (Å²) in [6.07, 6.45) is 3.83. The topological polar surface area (TPSA) is 105 Å². The largest absolute Gasteiger partial charge is 0.360 e. The number of carbonyl (C=O) groups is 3. The maximum absolute atomic E-state index is 13.7. The summed E-state index contributed by atoms with van der Waals surface area (Å²) in [5.74, 6) is 0.275. The predicted molar refractivity (Wildman–Crippen MR) is 137 cm³/mol. The third-order valence-corrected chi connectivity index (χ3v) is 6.50. The van der Waals surface area contributed by atoms with Crippen LogP contribution in [0.15, 0.2) is 77.6 Å². The van der Waals surface area contributed by atoms with Gasteiger partial charge >= 0.3 is 0 Å². The molecular weight excluding hydrogens is 492 g/mol. The molecule has 0 aliphatic carbocycles. The molecule has 5 rings (SSSR count). The standard InChI is InChI=1S/C28H23ClN4O4/c1-17-11-26(32-37-17)31-27(35)20-6-4-18(5-7-20)16-33-24(12-19-3-2-10-30-15-19)25(34)14-21-13-22(29)8-9-23(21)28(33)36/h2-11,13,15,24H,12,14,16H2,1H3,(H,31,32,35)/t24-/m1/s1. The van der Waals surface area contributed by atoms with Crippen molar-refractivity contribution in [2.45, 2.75) is 32.4 Å². The first-order valence-electron chi connectivity index (χ1n) is 11.7. The Morgan fingerprint density at radius 3 is 2.62 bits per heavy atom. The fourth-order valence-electron chi connectivity index (χ4n) is 4.41. The van der Waals surface area contributed by atoms with Gasteiger partial charge in [-0.2, -0.15) is 0 Å². The minimum atomic E-state index is -0.679. The van der Waals surface area contributed by atoms with E-state index >= 15 is 0 Å². The number of hydrogen-bond acceptors (Lipinski definition) is 6. The van der Waals surface area contributed by atoms with Crippen molar-refractivity contribution in [2.24, 2.45) is 0 Å². The fraction of sp³-hybridized carbons (Fsp3) is 0.179. The molecule has 0 bridgehead atoms. The Labute approximate surface area is 218 Å². The lowest BCUT2D eigenvalue weighted by Crippen LogP contribution is -2.44. The van der Waals surface area contributed by atoms with Gasteiger partial charge in [0.05, 0.1) is 6.04 Å². The second-order valence-corrected chi connectivity index (χ2v) is 9.37. The van der Waals surface area contributed by atoms with Crippen LogP contribution in [0.4, 0.5) is 5.82 Å². The normalized spacial score (nSPS) is 15.3. The van der Waals surface area contributed by atoms with Crippen molar-refractivity contribution in [1.82, 2.24) is 15.0 Å². The number of rotatable bonds is 6. The lowest BCUT2D eigenvalue weighted by atomic mass is 9.98. The molecule has 2 aromatic carbocycles. The number of aryl methyl sites for hydroxylation is 1. The van der Waals surface area contributed by atoms with E-state index in [2.05, 4.69) is 15.5 Å². The van der Waals surface area contributed by atoms with E-state index in [1.807, 2.05) is 6.07 Å². The number of anilines is 1. The molecular formula is C28H23ClN4O4. The number of carbonyl (C=O) groups excluding carboxylic acids is 3. The monoisotopic (exact) mass is 514 g/mol. The second-order valence-electron chi connectivity index (χ2n) is 8.93. The SMILES string of the molecule is Cc1cc(NC(=O)c2ccc(CN3C(=O)c4ccc(Cl)cc4CC(=O)[C@H]3Cc3cccnc3)cc2)no1. The van der Waals surface area contributed by atoms with Gasteiger partial charge in [-0.25, -0.2) is 0 Å². The van der Waals surface area contributed by atoms with Crippen molar-refractivity contribution < 1.29 is 18.9 Å². The maximum Gasteiger partial charge on any atom is 0.256 e. The predicted octanol–water partition coefficient (Wildman–Crippen LogP) is 4.66. The molecule has 0 saturated heterocycles. The lowest BCUT2D eigenvalue weighted by Gasteiger charge is -2.29. The number of pyridine rings is 1. The third-order valence-electron chi connectivity index (χ3n) is 6.26. The molecule has 3 heterocycles. The van der Waals surface area contributed by atoms with Crippen molar-refractivity contribution >= 4 is 35.0 Å². The zero-order valence-electron chi connectivity index (χ0n) is 20.0. The van der Waals surface area contributed by atoms with Crippen LogP contribution in [0.1, 0.15) is 43.2 Å². The Kier molecular flexibility index (Phi) is 6.83. The Morgan fingerprint density at radius 1 is 1.11 bits per heavy atom. The average Bonchev–Trinajstić information content (AvgIpc) is 3.27. The molecule has 37 heavy (non-hydrogen) atoms. The zero-order valence-corrected chi connectivity index (χ0v) is 20.7. The first-order chi connectivity index (χ1) is 17.9. The van der Waals surface area contributed by atoms with Crippen molar-refractivity contribution in [2.75, 3.05) is 5.32 Å². The first-order valence-corrected chi connectivity index (χ1v) is 12.1. The molecule has 186 valence electrons. The van der Waals surface area contributed by atoms with Crippen molar-refractivity contribution in [3.05, 3.63) is 112 Å². The number of benzene rings is 2. The fourth-order valence-corrected chi connectivity index (χ4v) is 4.61. The quantitative estimate of drug-likeness (QED) is 0.401. The van der Waals surface area contributed by atoms with E-state index in [1.54, 1.807) is 78.8 Å². The summed E-state index contributed by atoms with van der Waals surface area (Å²) in [7, 11) is 0. The number of fused-ring (bicyclic) bond motifs is 1. The Hall–Kier alpha value is -4.30.